The molecule has 0 amide bonds. The van der Waals surface area contributed by atoms with Gasteiger partial charge < -0.3 is 14.6 Å². The maximum atomic E-state index is 11.9. The van der Waals surface area contributed by atoms with Crippen LogP contribution in [0.3, 0.4) is 0 Å². The SMILES string of the molecule is CCCCCCCCCCCCCCCCCCCCCCCCCCC(=O)OC(CO)COC(=O)CCC. The average Bonchev–Trinajstić information content (AvgIpc) is 2.93. The zero-order valence-electron chi connectivity index (χ0n) is 26.2. The summed E-state index contributed by atoms with van der Waals surface area (Å²) in [5.74, 6) is -0.642. The molecule has 0 saturated heterocycles. The Morgan fingerprint density at radius 3 is 1.18 bits per heavy atom. The number of ether oxygens (including phenoxy) is 2. The molecule has 0 aliphatic rings. The van der Waals surface area contributed by atoms with Gasteiger partial charge in [-0.2, -0.15) is 0 Å². The Balaban J connectivity index is 3.28. The lowest BCUT2D eigenvalue weighted by Crippen LogP contribution is -2.28. The van der Waals surface area contributed by atoms with Crippen LogP contribution in [0.15, 0.2) is 0 Å². The largest absolute Gasteiger partial charge is 0.462 e. The molecule has 0 radical (unpaired) electrons. The number of aliphatic hydroxyl groups is 1. The fourth-order valence-electron chi connectivity index (χ4n) is 5.06. The smallest absolute Gasteiger partial charge is 0.306 e. The minimum atomic E-state index is -0.757. The van der Waals surface area contributed by atoms with Crippen molar-refractivity contribution in [1.29, 1.82) is 0 Å². The molecule has 1 atom stereocenters. The minimum Gasteiger partial charge on any atom is -0.462 e. The molecule has 232 valence electrons. The highest BCUT2D eigenvalue weighted by Crippen LogP contribution is 2.16. The van der Waals surface area contributed by atoms with E-state index in [0.29, 0.717) is 19.3 Å². The Morgan fingerprint density at radius 1 is 0.487 bits per heavy atom. The van der Waals surface area contributed by atoms with E-state index in [1.807, 2.05) is 6.92 Å². The molecular weight excluding hydrogens is 488 g/mol. The third-order valence-electron chi connectivity index (χ3n) is 7.62. The Labute approximate surface area is 242 Å². The van der Waals surface area contributed by atoms with Gasteiger partial charge in [0.2, 0.25) is 0 Å². The first-order valence-electron chi connectivity index (χ1n) is 17.1. The highest BCUT2D eigenvalue weighted by molar-refractivity contribution is 5.70. The lowest BCUT2D eigenvalue weighted by molar-refractivity contribution is -0.161. The molecule has 1 N–H and O–H groups in total. The van der Waals surface area contributed by atoms with Crippen LogP contribution in [0.1, 0.15) is 187 Å². The topological polar surface area (TPSA) is 72.8 Å². The third kappa shape index (κ3) is 29.7. The zero-order valence-corrected chi connectivity index (χ0v) is 26.2. The van der Waals surface area contributed by atoms with Crippen LogP contribution in [-0.4, -0.2) is 36.4 Å². The Kier molecular flexibility index (Phi) is 30.5. The van der Waals surface area contributed by atoms with Crippen molar-refractivity contribution < 1.29 is 24.2 Å². The van der Waals surface area contributed by atoms with Gasteiger partial charge in [0.25, 0.3) is 0 Å². The van der Waals surface area contributed by atoms with E-state index in [9.17, 15) is 14.7 Å². The number of unbranched alkanes of at least 4 members (excludes halogenated alkanes) is 23. The van der Waals surface area contributed by atoms with Crippen molar-refractivity contribution in [2.75, 3.05) is 13.2 Å². The van der Waals surface area contributed by atoms with Gasteiger partial charge in [0.05, 0.1) is 6.61 Å². The first kappa shape index (κ1) is 37.9. The number of aliphatic hydroxyl groups excluding tert-OH is 1. The highest BCUT2D eigenvalue weighted by Gasteiger charge is 2.15. The predicted octanol–water partition coefficient (Wildman–Crippen LogP) is 10.0. The summed E-state index contributed by atoms with van der Waals surface area (Å²) in [5.41, 5.74) is 0. The van der Waals surface area contributed by atoms with Crippen LogP contribution < -0.4 is 0 Å². The number of esters is 2. The number of hydrogen-bond acceptors (Lipinski definition) is 5. The summed E-state index contributed by atoms with van der Waals surface area (Å²) in [4.78, 5) is 23.3. The van der Waals surface area contributed by atoms with Crippen LogP contribution in [-0.2, 0) is 19.1 Å². The Hall–Kier alpha value is -1.10. The molecule has 0 aliphatic heterocycles. The number of carbonyl (C=O) groups excluding carboxylic acids is 2. The number of hydrogen-bond donors (Lipinski definition) is 1. The molecule has 5 heteroatoms. The highest BCUT2D eigenvalue weighted by atomic mass is 16.6. The Bertz CT molecular complexity index is 522. The van der Waals surface area contributed by atoms with Gasteiger partial charge in [-0.1, -0.05) is 162 Å². The minimum absolute atomic E-state index is 0.0689. The summed E-state index contributed by atoms with van der Waals surface area (Å²) in [5, 5.41) is 9.31. The van der Waals surface area contributed by atoms with Gasteiger partial charge in [-0.15, -0.1) is 0 Å². The summed E-state index contributed by atoms with van der Waals surface area (Å²) < 4.78 is 10.2. The van der Waals surface area contributed by atoms with E-state index in [1.165, 1.54) is 135 Å². The molecule has 39 heavy (non-hydrogen) atoms. The quantitative estimate of drug-likeness (QED) is 0.0681. The molecule has 0 heterocycles. The second-order valence-electron chi connectivity index (χ2n) is 11.6. The van der Waals surface area contributed by atoms with Gasteiger partial charge in [0.1, 0.15) is 6.61 Å². The summed E-state index contributed by atoms with van der Waals surface area (Å²) in [7, 11) is 0. The summed E-state index contributed by atoms with van der Waals surface area (Å²) in [6.07, 6.45) is 33.2. The number of rotatable bonds is 31. The maximum absolute atomic E-state index is 11.9. The third-order valence-corrected chi connectivity index (χ3v) is 7.62. The van der Waals surface area contributed by atoms with Crippen molar-refractivity contribution >= 4 is 11.9 Å². The van der Waals surface area contributed by atoms with E-state index < -0.39 is 6.10 Å². The molecular formula is C34H66O5. The first-order valence-corrected chi connectivity index (χ1v) is 17.1. The van der Waals surface area contributed by atoms with E-state index in [4.69, 9.17) is 9.47 Å². The lowest BCUT2D eigenvalue weighted by Gasteiger charge is -2.15. The van der Waals surface area contributed by atoms with Crippen molar-refractivity contribution in [1.82, 2.24) is 0 Å². The first-order chi connectivity index (χ1) is 19.1. The standard InChI is InChI=1S/C34H66O5/c1-3-5-6-7-8-9-10-11-12-13-14-15-16-17-18-19-20-21-22-23-24-25-26-27-29-34(37)39-32(30-35)31-38-33(36)28-4-2/h32,35H,3-31H2,1-2H3. The molecule has 0 aromatic heterocycles. The van der Waals surface area contributed by atoms with Crippen LogP contribution in [0.25, 0.3) is 0 Å². The van der Waals surface area contributed by atoms with Crippen molar-refractivity contribution in [2.45, 2.75) is 193 Å². The van der Waals surface area contributed by atoms with E-state index in [2.05, 4.69) is 6.92 Å². The van der Waals surface area contributed by atoms with E-state index in [1.54, 1.807) is 0 Å². The van der Waals surface area contributed by atoms with Crippen LogP contribution in [0.4, 0.5) is 0 Å². The fourth-order valence-corrected chi connectivity index (χ4v) is 5.06. The fraction of sp³-hybridized carbons (Fsp3) is 0.941. The van der Waals surface area contributed by atoms with Gasteiger partial charge >= 0.3 is 11.9 Å². The molecule has 1 unspecified atom stereocenters. The molecule has 0 spiro atoms. The summed E-state index contributed by atoms with van der Waals surface area (Å²) in [6, 6.07) is 0. The van der Waals surface area contributed by atoms with Crippen LogP contribution in [0.2, 0.25) is 0 Å². The molecule has 0 bridgehead atoms. The molecule has 0 fully saturated rings. The normalized spacial score (nSPS) is 12.0. The summed E-state index contributed by atoms with van der Waals surface area (Å²) in [6.45, 7) is 3.79. The molecule has 5 nitrogen and oxygen atoms in total. The van der Waals surface area contributed by atoms with E-state index in [0.717, 1.165) is 19.3 Å². The molecule has 0 aromatic carbocycles. The van der Waals surface area contributed by atoms with Crippen molar-refractivity contribution in [3.05, 3.63) is 0 Å². The summed E-state index contributed by atoms with van der Waals surface area (Å²) >= 11 is 0. The van der Waals surface area contributed by atoms with Gasteiger partial charge in [0.15, 0.2) is 6.10 Å². The lowest BCUT2D eigenvalue weighted by atomic mass is 10.0. The predicted molar refractivity (Wildman–Crippen MR) is 164 cm³/mol. The maximum Gasteiger partial charge on any atom is 0.306 e. The monoisotopic (exact) mass is 554 g/mol. The van der Waals surface area contributed by atoms with Crippen LogP contribution in [0, 0.1) is 0 Å². The van der Waals surface area contributed by atoms with E-state index in [-0.39, 0.29) is 25.2 Å². The van der Waals surface area contributed by atoms with Crippen LogP contribution in [0.5, 0.6) is 0 Å². The van der Waals surface area contributed by atoms with Crippen molar-refractivity contribution in [3.8, 4) is 0 Å². The Morgan fingerprint density at radius 2 is 0.846 bits per heavy atom. The van der Waals surface area contributed by atoms with Crippen LogP contribution >= 0.6 is 0 Å². The number of carbonyl (C=O) groups is 2. The van der Waals surface area contributed by atoms with Gasteiger partial charge in [-0.3, -0.25) is 9.59 Å². The van der Waals surface area contributed by atoms with E-state index >= 15 is 0 Å². The second kappa shape index (κ2) is 31.4. The molecule has 0 aromatic rings. The van der Waals surface area contributed by atoms with Gasteiger partial charge in [-0.05, 0) is 12.8 Å². The van der Waals surface area contributed by atoms with Crippen molar-refractivity contribution in [3.63, 3.8) is 0 Å². The second-order valence-corrected chi connectivity index (χ2v) is 11.6. The molecule has 0 aliphatic carbocycles. The molecule has 0 saturated carbocycles. The zero-order chi connectivity index (χ0) is 28.7. The van der Waals surface area contributed by atoms with Crippen molar-refractivity contribution in [2.24, 2.45) is 0 Å². The average molecular weight is 555 g/mol. The van der Waals surface area contributed by atoms with Gasteiger partial charge in [0, 0.05) is 12.8 Å². The molecule has 0 rings (SSSR count). The van der Waals surface area contributed by atoms with Gasteiger partial charge in [-0.25, -0.2) is 0 Å².